The van der Waals surface area contributed by atoms with E-state index in [1.54, 1.807) is 0 Å². The number of nitrogens with one attached hydrogen (secondary N) is 1. The van der Waals surface area contributed by atoms with Gasteiger partial charge in [0.05, 0.1) is 17.2 Å². The van der Waals surface area contributed by atoms with Crippen LogP contribution in [0.25, 0.3) is 0 Å². The van der Waals surface area contributed by atoms with Crippen LogP contribution in [0.3, 0.4) is 0 Å². The Hall–Kier alpha value is -3.01. The van der Waals surface area contributed by atoms with Crippen molar-refractivity contribution in [3.8, 4) is 11.8 Å². The van der Waals surface area contributed by atoms with Crippen molar-refractivity contribution in [3.63, 3.8) is 0 Å². The minimum atomic E-state index is -4.47. The van der Waals surface area contributed by atoms with Gasteiger partial charge in [-0.2, -0.15) is 18.4 Å². The predicted molar refractivity (Wildman–Crippen MR) is 76.7 cm³/mol. The van der Waals surface area contributed by atoms with Crippen molar-refractivity contribution in [1.82, 2.24) is 0 Å². The van der Waals surface area contributed by atoms with Crippen LogP contribution in [0, 0.1) is 11.3 Å². The first-order chi connectivity index (χ1) is 10.9. The van der Waals surface area contributed by atoms with Crippen LogP contribution in [0.4, 0.5) is 18.9 Å². The molecular weight excluding hydrogens is 309 g/mol. The number of carbonyl (C=O) groups excluding carboxylic acids is 1. The molecule has 0 heterocycles. The summed E-state index contributed by atoms with van der Waals surface area (Å²) >= 11 is 0. The molecule has 7 heteroatoms. The molecule has 0 aliphatic carbocycles. The van der Waals surface area contributed by atoms with Gasteiger partial charge in [0.2, 0.25) is 0 Å². The average molecular weight is 320 g/mol. The van der Waals surface area contributed by atoms with E-state index in [9.17, 15) is 18.0 Å². The summed E-state index contributed by atoms with van der Waals surface area (Å²) < 4.78 is 42.9. The fourth-order valence-electron chi connectivity index (χ4n) is 1.74. The summed E-state index contributed by atoms with van der Waals surface area (Å²) in [4.78, 5) is 11.7. The van der Waals surface area contributed by atoms with E-state index in [4.69, 9.17) is 10.00 Å². The van der Waals surface area contributed by atoms with Gasteiger partial charge in [-0.25, -0.2) is 0 Å². The number of alkyl halides is 3. The van der Waals surface area contributed by atoms with Crippen LogP contribution in [0.2, 0.25) is 0 Å². The predicted octanol–water partition coefficient (Wildman–Crippen LogP) is 3.59. The van der Waals surface area contributed by atoms with E-state index in [0.717, 1.165) is 12.1 Å². The molecule has 118 valence electrons. The maximum absolute atomic E-state index is 12.6. The fraction of sp³-hybridized carbons (Fsp3) is 0.125. The molecule has 0 aliphatic heterocycles. The number of ether oxygens (including phenoxy) is 1. The van der Waals surface area contributed by atoms with Crippen molar-refractivity contribution in [2.75, 3.05) is 11.9 Å². The standard InChI is InChI=1S/C16H11F3N2O2/c17-16(18,19)12-2-1-3-13(8-12)21-15(22)10-23-14-6-4-11(9-20)5-7-14/h1-8H,10H2,(H,21,22). The molecule has 4 nitrogen and oxygen atoms in total. The number of carbonyl (C=O) groups is 1. The number of halogens is 3. The minimum absolute atomic E-state index is 0.0354. The minimum Gasteiger partial charge on any atom is -0.484 e. The van der Waals surface area contributed by atoms with E-state index in [2.05, 4.69) is 5.32 Å². The van der Waals surface area contributed by atoms with Gasteiger partial charge in [0.15, 0.2) is 6.61 Å². The molecule has 0 saturated heterocycles. The molecule has 23 heavy (non-hydrogen) atoms. The summed E-state index contributed by atoms with van der Waals surface area (Å²) in [5, 5.41) is 11.0. The zero-order valence-corrected chi connectivity index (χ0v) is 11.7. The molecule has 2 aromatic rings. The molecule has 1 amide bonds. The van der Waals surface area contributed by atoms with Crippen LogP contribution in [-0.4, -0.2) is 12.5 Å². The van der Waals surface area contributed by atoms with Crippen molar-refractivity contribution < 1.29 is 22.7 Å². The molecular formula is C16H11F3N2O2. The third-order valence-electron chi connectivity index (χ3n) is 2.83. The summed E-state index contributed by atoms with van der Waals surface area (Å²) in [6, 6.07) is 12.4. The molecule has 0 atom stereocenters. The Morgan fingerprint density at radius 3 is 2.48 bits per heavy atom. The van der Waals surface area contributed by atoms with Crippen molar-refractivity contribution >= 4 is 11.6 Å². The van der Waals surface area contributed by atoms with E-state index in [-0.39, 0.29) is 12.3 Å². The molecule has 0 unspecified atom stereocenters. The van der Waals surface area contributed by atoms with Crippen LogP contribution in [-0.2, 0) is 11.0 Å². The highest BCUT2D eigenvalue weighted by Crippen LogP contribution is 2.30. The van der Waals surface area contributed by atoms with Gasteiger partial charge in [0.25, 0.3) is 5.91 Å². The van der Waals surface area contributed by atoms with Gasteiger partial charge in [-0.05, 0) is 42.5 Å². The third-order valence-corrected chi connectivity index (χ3v) is 2.83. The highest BCUT2D eigenvalue weighted by atomic mass is 19.4. The van der Waals surface area contributed by atoms with E-state index in [0.29, 0.717) is 11.3 Å². The number of benzene rings is 2. The van der Waals surface area contributed by atoms with E-state index >= 15 is 0 Å². The van der Waals surface area contributed by atoms with Crippen LogP contribution in [0.5, 0.6) is 5.75 Å². The normalized spacial score (nSPS) is 10.7. The Labute approximate surface area is 130 Å². The Morgan fingerprint density at radius 2 is 1.87 bits per heavy atom. The zero-order valence-electron chi connectivity index (χ0n) is 11.7. The summed E-state index contributed by atoms with van der Waals surface area (Å²) in [5.41, 5.74) is -0.359. The molecule has 2 aromatic carbocycles. The second kappa shape index (κ2) is 6.83. The number of anilines is 1. The number of hydrogen-bond donors (Lipinski definition) is 1. The van der Waals surface area contributed by atoms with Crippen molar-refractivity contribution in [3.05, 3.63) is 59.7 Å². The molecule has 1 N–H and O–H groups in total. The lowest BCUT2D eigenvalue weighted by Crippen LogP contribution is -2.20. The van der Waals surface area contributed by atoms with Crippen molar-refractivity contribution in [2.24, 2.45) is 0 Å². The Kier molecular flexibility index (Phi) is 4.86. The Morgan fingerprint density at radius 1 is 1.17 bits per heavy atom. The summed E-state index contributed by atoms with van der Waals surface area (Å²) in [5.74, 6) is -0.211. The van der Waals surface area contributed by atoms with Gasteiger partial charge in [0.1, 0.15) is 5.75 Å². The molecule has 0 saturated carbocycles. The van der Waals surface area contributed by atoms with Gasteiger partial charge in [0, 0.05) is 5.69 Å². The lowest BCUT2D eigenvalue weighted by Gasteiger charge is -2.10. The molecule has 0 aliphatic rings. The lowest BCUT2D eigenvalue weighted by molar-refractivity contribution is -0.137. The highest BCUT2D eigenvalue weighted by molar-refractivity contribution is 5.91. The van der Waals surface area contributed by atoms with Gasteiger partial charge < -0.3 is 10.1 Å². The number of hydrogen-bond acceptors (Lipinski definition) is 3. The maximum Gasteiger partial charge on any atom is 0.416 e. The monoisotopic (exact) mass is 320 g/mol. The summed E-state index contributed by atoms with van der Waals surface area (Å²) in [6.07, 6.45) is -4.47. The second-order valence-corrected chi connectivity index (χ2v) is 4.55. The van der Waals surface area contributed by atoms with Crippen LogP contribution >= 0.6 is 0 Å². The van der Waals surface area contributed by atoms with E-state index < -0.39 is 17.6 Å². The Balaban J connectivity index is 1.93. The van der Waals surface area contributed by atoms with Crippen molar-refractivity contribution in [1.29, 1.82) is 5.26 Å². The van der Waals surface area contributed by atoms with Crippen molar-refractivity contribution in [2.45, 2.75) is 6.18 Å². The van der Waals surface area contributed by atoms with Gasteiger partial charge in [-0.3, -0.25) is 4.79 Å². The number of rotatable bonds is 4. The smallest absolute Gasteiger partial charge is 0.416 e. The topological polar surface area (TPSA) is 62.1 Å². The molecule has 2 rings (SSSR count). The Bertz CT molecular complexity index is 734. The zero-order chi connectivity index (χ0) is 16.9. The average Bonchev–Trinajstić information content (AvgIpc) is 2.53. The van der Waals surface area contributed by atoms with E-state index in [1.165, 1.54) is 36.4 Å². The second-order valence-electron chi connectivity index (χ2n) is 4.55. The van der Waals surface area contributed by atoms with Gasteiger partial charge in [-0.1, -0.05) is 6.07 Å². The van der Waals surface area contributed by atoms with Gasteiger partial charge in [-0.15, -0.1) is 0 Å². The van der Waals surface area contributed by atoms with Crippen LogP contribution in [0.1, 0.15) is 11.1 Å². The molecule has 0 spiro atoms. The summed E-state index contributed by atoms with van der Waals surface area (Å²) in [7, 11) is 0. The van der Waals surface area contributed by atoms with Gasteiger partial charge >= 0.3 is 6.18 Å². The first kappa shape index (κ1) is 16.4. The maximum atomic E-state index is 12.6. The lowest BCUT2D eigenvalue weighted by atomic mass is 10.2. The molecule has 0 bridgehead atoms. The van der Waals surface area contributed by atoms with E-state index in [1.807, 2.05) is 6.07 Å². The largest absolute Gasteiger partial charge is 0.484 e. The quantitative estimate of drug-likeness (QED) is 0.936. The third kappa shape index (κ3) is 4.74. The van der Waals surface area contributed by atoms with Crippen LogP contribution < -0.4 is 10.1 Å². The van der Waals surface area contributed by atoms with Crippen LogP contribution in [0.15, 0.2) is 48.5 Å². The molecule has 0 aromatic heterocycles. The summed E-state index contributed by atoms with van der Waals surface area (Å²) in [6.45, 7) is -0.359. The number of nitriles is 1. The fourth-order valence-corrected chi connectivity index (χ4v) is 1.74. The highest BCUT2D eigenvalue weighted by Gasteiger charge is 2.30. The number of amides is 1. The number of nitrogens with zero attached hydrogens (tertiary/aromatic N) is 1. The SMILES string of the molecule is N#Cc1ccc(OCC(=O)Nc2cccc(C(F)(F)F)c2)cc1. The first-order valence-corrected chi connectivity index (χ1v) is 6.48. The molecule has 0 radical (unpaired) electrons. The molecule has 0 fully saturated rings. The first-order valence-electron chi connectivity index (χ1n) is 6.48.